The first-order valence-corrected chi connectivity index (χ1v) is 5.65. The molecule has 1 aliphatic heterocycles. The van der Waals surface area contributed by atoms with Gasteiger partial charge in [-0.1, -0.05) is 0 Å². The first-order valence-electron chi connectivity index (χ1n) is 5.65. The molecule has 2 heterocycles. The van der Waals surface area contributed by atoms with E-state index in [1.807, 2.05) is 0 Å². The normalized spacial score (nSPS) is 14.2. The van der Waals surface area contributed by atoms with Crippen molar-refractivity contribution in [2.75, 3.05) is 6.61 Å². The van der Waals surface area contributed by atoms with Crippen LogP contribution in [0.3, 0.4) is 0 Å². The number of aromatic hydroxyl groups is 1. The number of carbonyl (C=O) groups is 1. The van der Waals surface area contributed by atoms with E-state index in [4.69, 9.17) is 4.74 Å². The highest BCUT2D eigenvalue weighted by molar-refractivity contribution is 5.91. The van der Waals surface area contributed by atoms with Crippen molar-refractivity contribution in [3.8, 4) is 5.88 Å². The molecule has 0 aliphatic carbocycles. The molecular weight excluding hydrogens is 224 g/mol. The molecule has 0 saturated carbocycles. The van der Waals surface area contributed by atoms with Gasteiger partial charge in [0.25, 0.3) is 5.56 Å². The molecule has 1 aliphatic rings. The number of fused-ring (bicyclic) bond motifs is 1. The molecule has 6 heteroatoms. The first kappa shape index (κ1) is 11.6. The second kappa shape index (κ2) is 4.57. The first-order chi connectivity index (χ1) is 8.15. The molecule has 0 aromatic carbocycles. The van der Waals surface area contributed by atoms with E-state index >= 15 is 0 Å². The molecule has 0 saturated heterocycles. The number of esters is 1. The lowest BCUT2D eigenvalue weighted by Crippen LogP contribution is -2.33. The van der Waals surface area contributed by atoms with Crippen LogP contribution in [0.5, 0.6) is 5.88 Å². The molecule has 0 amide bonds. The number of aromatic nitrogens is 2. The van der Waals surface area contributed by atoms with Crippen molar-refractivity contribution in [1.82, 2.24) is 9.55 Å². The molecule has 2 rings (SSSR count). The van der Waals surface area contributed by atoms with Crippen molar-refractivity contribution in [2.45, 2.75) is 32.7 Å². The Kier molecular flexibility index (Phi) is 3.12. The minimum atomic E-state index is -0.816. The number of ether oxygens (including phenoxy) is 1. The van der Waals surface area contributed by atoms with Gasteiger partial charge in [0, 0.05) is 13.0 Å². The van der Waals surface area contributed by atoms with Crippen molar-refractivity contribution in [2.24, 2.45) is 0 Å². The van der Waals surface area contributed by atoms with Crippen LogP contribution < -0.4 is 5.56 Å². The number of carbonyl (C=O) groups excluding carboxylic acids is 1. The van der Waals surface area contributed by atoms with Gasteiger partial charge in [-0.2, -0.15) is 4.98 Å². The summed E-state index contributed by atoms with van der Waals surface area (Å²) in [6.07, 6.45) is 2.46. The topological polar surface area (TPSA) is 81.4 Å². The van der Waals surface area contributed by atoms with E-state index in [-0.39, 0.29) is 12.2 Å². The van der Waals surface area contributed by atoms with Crippen LogP contribution in [0.15, 0.2) is 4.79 Å². The van der Waals surface area contributed by atoms with E-state index in [1.54, 1.807) is 6.92 Å². The molecule has 17 heavy (non-hydrogen) atoms. The Morgan fingerprint density at radius 1 is 1.53 bits per heavy atom. The number of hydrogen-bond donors (Lipinski definition) is 1. The smallest absolute Gasteiger partial charge is 0.349 e. The lowest BCUT2D eigenvalue weighted by molar-refractivity contribution is 0.0518. The van der Waals surface area contributed by atoms with Crippen LogP contribution in [0.1, 0.15) is 35.9 Å². The fraction of sp³-hybridized carbons (Fsp3) is 0.545. The van der Waals surface area contributed by atoms with Gasteiger partial charge in [0.05, 0.1) is 6.61 Å². The highest BCUT2D eigenvalue weighted by Gasteiger charge is 2.24. The van der Waals surface area contributed by atoms with Crippen LogP contribution in [-0.4, -0.2) is 27.2 Å². The maximum atomic E-state index is 12.0. The van der Waals surface area contributed by atoms with E-state index in [1.165, 1.54) is 4.57 Å². The highest BCUT2D eigenvalue weighted by Crippen LogP contribution is 2.16. The Morgan fingerprint density at radius 3 is 3.00 bits per heavy atom. The number of aryl methyl sites for hydroxylation is 1. The Hall–Kier alpha value is -1.85. The van der Waals surface area contributed by atoms with E-state index in [2.05, 4.69) is 4.98 Å². The van der Waals surface area contributed by atoms with Crippen molar-refractivity contribution >= 4 is 5.97 Å². The van der Waals surface area contributed by atoms with Crippen LogP contribution in [0.2, 0.25) is 0 Å². The fourth-order valence-corrected chi connectivity index (χ4v) is 1.94. The Labute approximate surface area is 97.9 Å². The summed E-state index contributed by atoms with van der Waals surface area (Å²) in [4.78, 5) is 27.4. The van der Waals surface area contributed by atoms with Gasteiger partial charge < -0.3 is 9.84 Å². The molecule has 92 valence electrons. The largest absolute Gasteiger partial charge is 0.492 e. The summed E-state index contributed by atoms with van der Waals surface area (Å²) in [7, 11) is 0. The summed E-state index contributed by atoms with van der Waals surface area (Å²) in [5.41, 5.74) is -0.872. The van der Waals surface area contributed by atoms with Gasteiger partial charge in [0.2, 0.25) is 5.88 Å². The van der Waals surface area contributed by atoms with Gasteiger partial charge in [0.1, 0.15) is 5.82 Å². The van der Waals surface area contributed by atoms with Gasteiger partial charge in [-0.3, -0.25) is 9.36 Å². The zero-order valence-electron chi connectivity index (χ0n) is 9.60. The predicted octanol–water partition coefficient (Wildman–Crippen LogP) is 0.462. The standard InChI is InChI=1S/C11H14N2O4/c1-2-17-11(16)8-9(14)12-7-5-3-4-6-13(7)10(8)15/h14H,2-6H2,1H3. The molecule has 0 unspecified atom stereocenters. The van der Waals surface area contributed by atoms with Crippen LogP contribution >= 0.6 is 0 Å². The minimum absolute atomic E-state index is 0.152. The molecular formula is C11H14N2O4. The average molecular weight is 238 g/mol. The van der Waals surface area contributed by atoms with Crippen LogP contribution in [0, 0.1) is 0 Å². The molecule has 0 spiro atoms. The van der Waals surface area contributed by atoms with E-state index in [0.29, 0.717) is 18.8 Å². The van der Waals surface area contributed by atoms with Crippen molar-refractivity contribution in [3.05, 3.63) is 21.7 Å². The molecule has 1 aromatic rings. The van der Waals surface area contributed by atoms with E-state index in [0.717, 1.165) is 12.8 Å². The number of hydrogen-bond acceptors (Lipinski definition) is 5. The maximum Gasteiger partial charge on any atom is 0.349 e. The van der Waals surface area contributed by atoms with Crippen LogP contribution in [0.25, 0.3) is 0 Å². The molecule has 6 nitrogen and oxygen atoms in total. The lowest BCUT2D eigenvalue weighted by atomic mass is 10.1. The fourth-order valence-electron chi connectivity index (χ4n) is 1.94. The maximum absolute atomic E-state index is 12.0. The predicted molar refractivity (Wildman–Crippen MR) is 59.1 cm³/mol. The highest BCUT2D eigenvalue weighted by atomic mass is 16.5. The summed E-state index contributed by atoms with van der Waals surface area (Å²) in [6, 6.07) is 0. The van der Waals surface area contributed by atoms with Gasteiger partial charge in [-0.25, -0.2) is 4.79 Å². The molecule has 1 aromatic heterocycles. The molecule has 0 atom stereocenters. The van der Waals surface area contributed by atoms with Gasteiger partial charge in [-0.15, -0.1) is 0 Å². The van der Waals surface area contributed by atoms with Crippen molar-refractivity contribution in [1.29, 1.82) is 0 Å². The van der Waals surface area contributed by atoms with E-state index in [9.17, 15) is 14.7 Å². The van der Waals surface area contributed by atoms with Crippen LogP contribution in [-0.2, 0) is 17.7 Å². The SMILES string of the molecule is CCOC(=O)c1c(O)nc2n(c1=O)CCCC2. The Morgan fingerprint density at radius 2 is 2.29 bits per heavy atom. The van der Waals surface area contributed by atoms with Gasteiger partial charge in [0.15, 0.2) is 5.56 Å². The van der Waals surface area contributed by atoms with Crippen molar-refractivity contribution < 1.29 is 14.6 Å². The van der Waals surface area contributed by atoms with E-state index < -0.39 is 17.4 Å². The van der Waals surface area contributed by atoms with Gasteiger partial charge >= 0.3 is 5.97 Å². The Bertz CT molecular complexity index is 507. The van der Waals surface area contributed by atoms with Gasteiger partial charge in [-0.05, 0) is 19.8 Å². The van der Waals surface area contributed by atoms with Crippen molar-refractivity contribution in [3.63, 3.8) is 0 Å². The monoisotopic (exact) mass is 238 g/mol. The van der Waals surface area contributed by atoms with Crippen LogP contribution in [0.4, 0.5) is 0 Å². The number of rotatable bonds is 2. The molecule has 0 bridgehead atoms. The molecule has 0 radical (unpaired) electrons. The second-order valence-corrected chi connectivity index (χ2v) is 3.86. The third kappa shape index (κ3) is 2.02. The summed E-state index contributed by atoms with van der Waals surface area (Å²) in [6.45, 7) is 2.33. The summed E-state index contributed by atoms with van der Waals surface area (Å²) in [5, 5.41) is 9.62. The summed E-state index contributed by atoms with van der Waals surface area (Å²) >= 11 is 0. The quantitative estimate of drug-likeness (QED) is 0.757. The molecule has 0 fully saturated rings. The third-order valence-corrected chi connectivity index (χ3v) is 2.74. The lowest BCUT2D eigenvalue weighted by Gasteiger charge is -2.18. The number of nitrogens with zero attached hydrogens (tertiary/aromatic N) is 2. The Balaban J connectivity index is 2.53. The zero-order chi connectivity index (χ0) is 12.4. The molecule has 1 N–H and O–H groups in total. The average Bonchev–Trinajstić information content (AvgIpc) is 2.29. The third-order valence-electron chi connectivity index (χ3n) is 2.74. The summed E-state index contributed by atoms with van der Waals surface area (Å²) < 4.78 is 6.17. The summed E-state index contributed by atoms with van der Waals surface area (Å²) in [5.74, 6) is -0.809. The second-order valence-electron chi connectivity index (χ2n) is 3.86. The zero-order valence-corrected chi connectivity index (χ0v) is 9.60. The minimum Gasteiger partial charge on any atom is -0.492 e.